The molecule has 3 aromatic carbocycles. The van der Waals surface area contributed by atoms with E-state index in [1.807, 2.05) is 0 Å². The Bertz CT molecular complexity index is 1130. The first-order valence-electron chi connectivity index (χ1n) is 8.59. The van der Waals surface area contributed by atoms with E-state index in [4.69, 9.17) is 4.74 Å². The monoisotopic (exact) mass is 421 g/mol. The molecule has 0 saturated carbocycles. The zero-order chi connectivity index (χ0) is 21.2. The predicted molar refractivity (Wildman–Crippen MR) is 104 cm³/mol. The van der Waals surface area contributed by atoms with E-state index in [0.29, 0.717) is 17.4 Å². The molecular formula is C21H18F3NO3S. The van der Waals surface area contributed by atoms with Crippen LogP contribution in [0, 0.1) is 24.4 Å². The van der Waals surface area contributed by atoms with Crippen LogP contribution in [0.2, 0.25) is 0 Å². The highest BCUT2D eigenvalue weighted by atomic mass is 32.2. The molecule has 0 aromatic heterocycles. The molecule has 0 aliphatic rings. The lowest BCUT2D eigenvalue weighted by Gasteiger charge is -2.25. The predicted octanol–water partition coefficient (Wildman–Crippen LogP) is 4.82. The summed E-state index contributed by atoms with van der Waals surface area (Å²) >= 11 is 0. The summed E-state index contributed by atoms with van der Waals surface area (Å²) in [5.74, 6) is -1.82. The standard InChI is InChI=1S/C21H18F3NO3S/c1-14-3-6-17(12-20(14)23)25(13-15-4-5-16(22)11-21(15)24)29(26,27)19-9-7-18(28-2)8-10-19/h3-12H,13H2,1-2H3. The maximum absolute atomic E-state index is 14.2. The number of aryl methyl sites for hydroxylation is 1. The molecule has 4 nitrogen and oxygen atoms in total. The number of hydrogen-bond acceptors (Lipinski definition) is 3. The van der Waals surface area contributed by atoms with E-state index in [2.05, 4.69) is 0 Å². The van der Waals surface area contributed by atoms with Crippen LogP contribution in [0.5, 0.6) is 5.75 Å². The van der Waals surface area contributed by atoms with Crippen LogP contribution >= 0.6 is 0 Å². The Morgan fingerprint density at radius 3 is 2.17 bits per heavy atom. The van der Waals surface area contributed by atoms with Gasteiger partial charge in [-0.25, -0.2) is 21.6 Å². The summed E-state index contributed by atoms with van der Waals surface area (Å²) in [6.07, 6.45) is 0. The van der Waals surface area contributed by atoms with E-state index in [1.54, 1.807) is 6.92 Å². The third-order valence-electron chi connectivity index (χ3n) is 4.42. The highest BCUT2D eigenvalue weighted by molar-refractivity contribution is 7.92. The smallest absolute Gasteiger partial charge is 0.264 e. The van der Waals surface area contributed by atoms with Crippen molar-refractivity contribution in [3.05, 3.63) is 89.2 Å². The summed E-state index contributed by atoms with van der Waals surface area (Å²) in [7, 11) is -2.74. The molecular weight excluding hydrogens is 403 g/mol. The van der Waals surface area contributed by atoms with Crippen LogP contribution in [0.25, 0.3) is 0 Å². The molecule has 0 bridgehead atoms. The third kappa shape index (κ3) is 4.37. The lowest BCUT2D eigenvalue weighted by Crippen LogP contribution is -2.31. The molecule has 3 aromatic rings. The van der Waals surface area contributed by atoms with Gasteiger partial charge in [0.05, 0.1) is 24.2 Å². The summed E-state index contributed by atoms with van der Waals surface area (Å²) in [5, 5.41) is 0. The van der Waals surface area contributed by atoms with Gasteiger partial charge in [0.1, 0.15) is 23.2 Å². The second-order valence-corrected chi connectivity index (χ2v) is 8.22. The average Bonchev–Trinajstić information content (AvgIpc) is 2.69. The molecule has 0 aliphatic heterocycles. The van der Waals surface area contributed by atoms with Crippen molar-refractivity contribution in [3.8, 4) is 5.75 Å². The zero-order valence-electron chi connectivity index (χ0n) is 15.7. The average molecular weight is 421 g/mol. The number of methoxy groups -OCH3 is 1. The van der Waals surface area contributed by atoms with E-state index < -0.39 is 34.0 Å². The van der Waals surface area contributed by atoms with Crippen molar-refractivity contribution >= 4 is 15.7 Å². The van der Waals surface area contributed by atoms with Gasteiger partial charge in [0, 0.05) is 11.6 Å². The lowest BCUT2D eigenvalue weighted by molar-refractivity contribution is 0.414. The summed E-state index contributed by atoms with van der Waals surface area (Å²) in [4.78, 5) is -0.0817. The minimum absolute atomic E-state index is 0.0210. The normalized spacial score (nSPS) is 11.3. The highest BCUT2D eigenvalue weighted by Crippen LogP contribution is 2.29. The quantitative estimate of drug-likeness (QED) is 0.574. The Balaban J connectivity index is 2.11. The first-order valence-corrected chi connectivity index (χ1v) is 10.0. The molecule has 0 unspecified atom stereocenters. The van der Waals surface area contributed by atoms with E-state index in [9.17, 15) is 21.6 Å². The number of sulfonamides is 1. The topological polar surface area (TPSA) is 46.6 Å². The molecule has 0 spiro atoms. The van der Waals surface area contributed by atoms with Crippen molar-refractivity contribution in [2.24, 2.45) is 0 Å². The maximum atomic E-state index is 14.2. The highest BCUT2D eigenvalue weighted by Gasteiger charge is 2.27. The largest absolute Gasteiger partial charge is 0.497 e. The zero-order valence-corrected chi connectivity index (χ0v) is 16.5. The number of nitrogens with zero attached hydrogens (tertiary/aromatic N) is 1. The number of anilines is 1. The first kappa shape index (κ1) is 20.7. The molecule has 29 heavy (non-hydrogen) atoms. The first-order chi connectivity index (χ1) is 13.7. The SMILES string of the molecule is COc1ccc(S(=O)(=O)N(Cc2ccc(F)cc2F)c2ccc(C)c(F)c2)cc1. The second-order valence-electron chi connectivity index (χ2n) is 6.36. The van der Waals surface area contributed by atoms with E-state index in [-0.39, 0.29) is 16.1 Å². The summed E-state index contributed by atoms with van der Waals surface area (Å²) in [5.41, 5.74) is 0.306. The molecule has 0 atom stereocenters. The van der Waals surface area contributed by atoms with Crippen molar-refractivity contribution in [1.82, 2.24) is 0 Å². The van der Waals surface area contributed by atoms with Gasteiger partial charge >= 0.3 is 0 Å². The van der Waals surface area contributed by atoms with Gasteiger partial charge < -0.3 is 4.74 Å². The fourth-order valence-electron chi connectivity index (χ4n) is 2.73. The van der Waals surface area contributed by atoms with Crippen LogP contribution in [0.1, 0.15) is 11.1 Å². The molecule has 3 rings (SSSR count). The Morgan fingerprint density at radius 1 is 0.897 bits per heavy atom. The molecule has 0 radical (unpaired) electrons. The van der Waals surface area contributed by atoms with Crippen molar-refractivity contribution in [1.29, 1.82) is 0 Å². The van der Waals surface area contributed by atoms with Crippen LogP contribution in [-0.2, 0) is 16.6 Å². The molecule has 0 amide bonds. The summed E-state index contributed by atoms with van der Waals surface area (Å²) in [6, 6.07) is 12.4. The van der Waals surface area contributed by atoms with E-state index in [1.165, 1.54) is 43.5 Å². The van der Waals surface area contributed by atoms with Gasteiger partial charge in [-0.1, -0.05) is 12.1 Å². The van der Waals surface area contributed by atoms with E-state index >= 15 is 0 Å². The number of hydrogen-bond donors (Lipinski definition) is 0. The number of ether oxygens (including phenoxy) is 1. The third-order valence-corrected chi connectivity index (χ3v) is 6.21. The van der Waals surface area contributed by atoms with Crippen LogP contribution in [-0.4, -0.2) is 15.5 Å². The van der Waals surface area contributed by atoms with Gasteiger partial charge in [-0.05, 0) is 55.0 Å². The molecule has 8 heteroatoms. The Morgan fingerprint density at radius 2 is 1.59 bits per heavy atom. The van der Waals surface area contributed by atoms with Gasteiger partial charge in [0.25, 0.3) is 10.0 Å². The van der Waals surface area contributed by atoms with Gasteiger partial charge in [-0.3, -0.25) is 4.31 Å². The van der Waals surface area contributed by atoms with Crippen molar-refractivity contribution in [2.45, 2.75) is 18.4 Å². The molecule has 0 heterocycles. The number of halogens is 3. The maximum Gasteiger partial charge on any atom is 0.264 e. The molecule has 0 aliphatic carbocycles. The van der Waals surface area contributed by atoms with Crippen LogP contribution in [0.3, 0.4) is 0 Å². The molecule has 0 fully saturated rings. The lowest BCUT2D eigenvalue weighted by atomic mass is 10.2. The van der Waals surface area contributed by atoms with Crippen LogP contribution in [0.15, 0.2) is 65.6 Å². The summed E-state index contributed by atoms with van der Waals surface area (Å²) in [6.45, 7) is 1.10. The minimum Gasteiger partial charge on any atom is -0.497 e. The second kappa shape index (κ2) is 8.16. The van der Waals surface area contributed by atoms with Gasteiger partial charge in [0.2, 0.25) is 0 Å². The minimum atomic E-state index is -4.18. The van der Waals surface area contributed by atoms with E-state index in [0.717, 1.165) is 22.5 Å². The Kier molecular flexibility index (Phi) is 5.83. The van der Waals surface area contributed by atoms with Crippen LogP contribution in [0.4, 0.5) is 18.9 Å². The van der Waals surface area contributed by atoms with Gasteiger partial charge in [-0.15, -0.1) is 0 Å². The molecule has 0 N–H and O–H groups in total. The fraction of sp³-hybridized carbons (Fsp3) is 0.143. The number of benzene rings is 3. The van der Waals surface area contributed by atoms with Gasteiger partial charge in [-0.2, -0.15) is 0 Å². The molecule has 0 saturated heterocycles. The van der Waals surface area contributed by atoms with Crippen molar-refractivity contribution in [2.75, 3.05) is 11.4 Å². The van der Waals surface area contributed by atoms with Gasteiger partial charge in [0.15, 0.2) is 0 Å². The summed E-state index contributed by atoms with van der Waals surface area (Å²) < 4.78 is 74.1. The Labute approximate surface area is 167 Å². The fourth-order valence-corrected chi connectivity index (χ4v) is 4.17. The van der Waals surface area contributed by atoms with Crippen molar-refractivity contribution < 1.29 is 26.3 Å². The van der Waals surface area contributed by atoms with Crippen molar-refractivity contribution in [3.63, 3.8) is 0 Å². The number of rotatable bonds is 6. The molecule has 152 valence electrons. The Hall–Kier alpha value is -3.00. The van der Waals surface area contributed by atoms with Crippen LogP contribution < -0.4 is 9.04 Å².